The minimum absolute atomic E-state index is 0.0313. The average molecular weight is 466 g/mol. The molecule has 5 nitrogen and oxygen atoms in total. The smallest absolute Gasteiger partial charge is 0.256 e. The Hall–Kier alpha value is -3.22. The lowest BCUT2D eigenvalue weighted by molar-refractivity contribution is -0.127. The number of rotatable bonds is 6. The van der Waals surface area contributed by atoms with Crippen molar-refractivity contribution in [1.29, 1.82) is 0 Å². The van der Waals surface area contributed by atoms with Crippen molar-refractivity contribution in [2.75, 3.05) is 26.2 Å². The normalized spacial score (nSPS) is 15.2. The molecule has 0 saturated carbocycles. The van der Waals surface area contributed by atoms with Crippen LogP contribution >= 0.6 is 11.6 Å². The van der Waals surface area contributed by atoms with Gasteiger partial charge in [0, 0.05) is 37.7 Å². The van der Waals surface area contributed by atoms with E-state index in [1.54, 1.807) is 4.90 Å². The van der Waals surface area contributed by atoms with Crippen LogP contribution in [0.2, 0.25) is 5.02 Å². The van der Waals surface area contributed by atoms with E-state index < -0.39 is 11.9 Å². The molecule has 0 bridgehead atoms. The quantitative estimate of drug-likeness (QED) is 0.590. The van der Waals surface area contributed by atoms with Crippen molar-refractivity contribution in [3.8, 4) is 0 Å². The van der Waals surface area contributed by atoms with E-state index >= 15 is 0 Å². The lowest BCUT2D eigenvalue weighted by atomic mass is 10.0. The summed E-state index contributed by atoms with van der Waals surface area (Å²) in [5.41, 5.74) is 1.89. The van der Waals surface area contributed by atoms with Gasteiger partial charge in [0.2, 0.25) is 5.91 Å². The molecule has 1 fully saturated rings. The third-order valence-corrected chi connectivity index (χ3v) is 6.03. The summed E-state index contributed by atoms with van der Waals surface area (Å²) >= 11 is 5.95. The summed E-state index contributed by atoms with van der Waals surface area (Å²) in [5.74, 6) is -1.07. The van der Waals surface area contributed by atoms with Crippen molar-refractivity contribution in [2.45, 2.75) is 12.6 Å². The van der Waals surface area contributed by atoms with E-state index in [0.29, 0.717) is 37.7 Å². The second kappa shape index (κ2) is 10.6. The first-order chi connectivity index (χ1) is 16.0. The number of hydrogen-bond acceptors (Lipinski definition) is 3. The highest BCUT2D eigenvalue weighted by Crippen LogP contribution is 2.24. The van der Waals surface area contributed by atoms with E-state index in [1.807, 2.05) is 60.7 Å². The standard InChI is InChI=1S/C26H25ClFN3O2/c27-21-11-12-23(28)22(17-21)26(33)31-15-13-30(14-16-31)24(20-9-5-2-6-10-20)25(32)29-18-19-7-3-1-4-8-19/h1-12,17,24H,13-16,18H2,(H,29,32)/t24-/m0/s1. The average Bonchev–Trinajstić information content (AvgIpc) is 2.86. The summed E-state index contributed by atoms with van der Waals surface area (Å²) in [6, 6.07) is 22.9. The Kier molecular flexibility index (Phi) is 7.37. The summed E-state index contributed by atoms with van der Waals surface area (Å²) in [6.07, 6.45) is 0. The van der Waals surface area contributed by atoms with Gasteiger partial charge in [-0.15, -0.1) is 0 Å². The molecule has 1 aliphatic heterocycles. The molecular formula is C26H25ClFN3O2. The molecule has 3 aromatic rings. The molecule has 0 aromatic heterocycles. The van der Waals surface area contributed by atoms with Crippen LogP contribution in [0.4, 0.5) is 4.39 Å². The summed E-state index contributed by atoms with van der Waals surface area (Å²) in [5, 5.41) is 3.36. The van der Waals surface area contributed by atoms with Gasteiger partial charge in [0.1, 0.15) is 11.9 Å². The second-order valence-corrected chi connectivity index (χ2v) is 8.41. The van der Waals surface area contributed by atoms with E-state index in [-0.39, 0.29) is 17.4 Å². The Labute approximate surface area is 197 Å². The predicted octanol–water partition coefficient (Wildman–Crippen LogP) is 4.29. The number of hydrogen-bond donors (Lipinski definition) is 1. The van der Waals surface area contributed by atoms with Gasteiger partial charge in [-0.3, -0.25) is 14.5 Å². The minimum Gasteiger partial charge on any atom is -0.350 e. The number of carbonyl (C=O) groups excluding carboxylic acids is 2. The highest BCUT2D eigenvalue weighted by Gasteiger charge is 2.32. The van der Waals surface area contributed by atoms with Crippen molar-refractivity contribution in [1.82, 2.24) is 15.1 Å². The first-order valence-electron chi connectivity index (χ1n) is 10.9. The number of nitrogens with zero attached hydrogens (tertiary/aromatic N) is 2. The molecule has 1 heterocycles. The SMILES string of the molecule is O=C(NCc1ccccc1)[C@H](c1ccccc1)N1CCN(C(=O)c2cc(Cl)ccc2F)CC1. The second-order valence-electron chi connectivity index (χ2n) is 7.97. The zero-order chi connectivity index (χ0) is 23.2. The molecule has 0 spiro atoms. The Balaban J connectivity index is 1.45. The summed E-state index contributed by atoms with van der Waals surface area (Å²) in [4.78, 5) is 29.7. The van der Waals surface area contributed by atoms with Crippen molar-refractivity contribution in [2.24, 2.45) is 0 Å². The van der Waals surface area contributed by atoms with Crippen LogP contribution < -0.4 is 5.32 Å². The van der Waals surface area contributed by atoms with Crippen LogP contribution in [-0.2, 0) is 11.3 Å². The van der Waals surface area contributed by atoms with Gasteiger partial charge in [-0.05, 0) is 29.3 Å². The molecule has 4 rings (SSSR count). The third kappa shape index (κ3) is 5.59. The molecule has 1 aliphatic rings. The van der Waals surface area contributed by atoms with Gasteiger partial charge in [-0.1, -0.05) is 72.3 Å². The van der Waals surface area contributed by atoms with E-state index in [9.17, 15) is 14.0 Å². The number of halogens is 2. The third-order valence-electron chi connectivity index (χ3n) is 5.80. The van der Waals surface area contributed by atoms with Gasteiger partial charge in [0.05, 0.1) is 5.56 Å². The van der Waals surface area contributed by atoms with Crippen molar-refractivity contribution in [3.05, 3.63) is 106 Å². The molecular weight excluding hydrogens is 441 g/mol. The molecule has 1 N–H and O–H groups in total. The predicted molar refractivity (Wildman–Crippen MR) is 126 cm³/mol. The van der Waals surface area contributed by atoms with E-state index in [1.165, 1.54) is 18.2 Å². The largest absolute Gasteiger partial charge is 0.350 e. The molecule has 0 unspecified atom stereocenters. The summed E-state index contributed by atoms with van der Waals surface area (Å²) in [7, 11) is 0. The topological polar surface area (TPSA) is 52.7 Å². The van der Waals surface area contributed by atoms with Crippen LogP contribution in [0.3, 0.4) is 0 Å². The fraction of sp³-hybridized carbons (Fsp3) is 0.231. The van der Waals surface area contributed by atoms with Gasteiger partial charge in [-0.25, -0.2) is 4.39 Å². The van der Waals surface area contributed by atoms with Gasteiger partial charge in [-0.2, -0.15) is 0 Å². The maximum atomic E-state index is 14.2. The fourth-order valence-electron chi connectivity index (χ4n) is 4.06. The lowest BCUT2D eigenvalue weighted by Gasteiger charge is -2.39. The van der Waals surface area contributed by atoms with Gasteiger partial charge < -0.3 is 10.2 Å². The molecule has 1 saturated heterocycles. The maximum absolute atomic E-state index is 14.2. The van der Waals surface area contributed by atoms with Crippen LogP contribution in [0.1, 0.15) is 27.5 Å². The van der Waals surface area contributed by atoms with Crippen molar-refractivity contribution in [3.63, 3.8) is 0 Å². The number of benzene rings is 3. The zero-order valence-electron chi connectivity index (χ0n) is 18.1. The molecule has 2 amide bonds. The Morgan fingerprint density at radius 2 is 1.55 bits per heavy atom. The fourth-order valence-corrected chi connectivity index (χ4v) is 4.23. The van der Waals surface area contributed by atoms with Gasteiger partial charge in [0.25, 0.3) is 5.91 Å². The number of carbonyl (C=O) groups is 2. The van der Waals surface area contributed by atoms with Crippen molar-refractivity contribution >= 4 is 23.4 Å². The first kappa shape index (κ1) is 23.0. The highest BCUT2D eigenvalue weighted by atomic mass is 35.5. The van der Waals surface area contributed by atoms with Gasteiger partial charge >= 0.3 is 0 Å². The summed E-state index contributed by atoms with van der Waals surface area (Å²) in [6.45, 7) is 2.20. The Morgan fingerprint density at radius 3 is 2.21 bits per heavy atom. The zero-order valence-corrected chi connectivity index (χ0v) is 18.8. The number of amides is 2. The molecule has 7 heteroatoms. The van der Waals surface area contributed by atoms with Crippen LogP contribution in [0, 0.1) is 5.82 Å². The van der Waals surface area contributed by atoms with E-state index in [2.05, 4.69) is 10.2 Å². The lowest BCUT2D eigenvalue weighted by Crippen LogP contribution is -2.52. The number of piperazine rings is 1. The van der Waals surface area contributed by atoms with Crippen LogP contribution in [-0.4, -0.2) is 47.8 Å². The van der Waals surface area contributed by atoms with E-state index in [0.717, 1.165) is 11.1 Å². The molecule has 1 atom stereocenters. The monoisotopic (exact) mass is 465 g/mol. The van der Waals surface area contributed by atoms with Crippen LogP contribution in [0.25, 0.3) is 0 Å². The van der Waals surface area contributed by atoms with E-state index in [4.69, 9.17) is 11.6 Å². The molecule has 3 aromatic carbocycles. The first-order valence-corrected chi connectivity index (χ1v) is 11.3. The molecule has 0 radical (unpaired) electrons. The molecule has 33 heavy (non-hydrogen) atoms. The number of nitrogens with one attached hydrogen (secondary N) is 1. The van der Waals surface area contributed by atoms with Crippen LogP contribution in [0.15, 0.2) is 78.9 Å². The Bertz CT molecular complexity index is 1100. The van der Waals surface area contributed by atoms with Gasteiger partial charge in [0.15, 0.2) is 0 Å². The Morgan fingerprint density at radius 1 is 0.909 bits per heavy atom. The minimum atomic E-state index is -0.589. The maximum Gasteiger partial charge on any atom is 0.256 e. The highest BCUT2D eigenvalue weighted by molar-refractivity contribution is 6.31. The summed E-state index contributed by atoms with van der Waals surface area (Å²) < 4.78 is 14.2. The molecule has 0 aliphatic carbocycles. The molecule has 170 valence electrons. The van der Waals surface area contributed by atoms with Crippen molar-refractivity contribution < 1.29 is 14.0 Å². The van der Waals surface area contributed by atoms with Crippen LogP contribution in [0.5, 0.6) is 0 Å².